The van der Waals surface area contributed by atoms with E-state index < -0.39 is 0 Å². The third kappa shape index (κ3) is 4.07. The summed E-state index contributed by atoms with van der Waals surface area (Å²) < 4.78 is 0. The van der Waals surface area contributed by atoms with E-state index >= 15 is 0 Å². The summed E-state index contributed by atoms with van der Waals surface area (Å²) in [5.41, 5.74) is 2.90. The normalized spacial score (nSPS) is 18.7. The van der Waals surface area contributed by atoms with Gasteiger partial charge < -0.3 is 5.32 Å². The molecule has 1 saturated carbocycles. The Kier molecular flexibility index (Phi) is 5.45. The van der Waals surface area contributed by atoms with Crippen molar-refractivity contribution < 1.29 is 0 Å². The Labute approximate surface area is 118 Å². The minimum atomic E-state index is 0.532. The van der Waals surface area contributed by atoms with Crippen molar-refractivity contribution in [2.75, 3.05) is 7.05 Å². The van der Waals surface area contributed by atoms with Gasteiger partial charge in [-0.05, 0) is 36.4 Å². The van der Waals surface area contributed by atoms with Crippen molar-refractivity contribution in [3.8, 4) is 0 Å². The van der Waals surface area contributed by atoms with E-state index in [-0.39, 0.29) is 0 Å². The minimum absolute atomic E-state index is 0.532. The van der Waals surface area contributed by atoms with Crippen molar-refractivity contribution >= 4 is 0 Å². The van der Waals surface area contributed by atoms with Gasteiger partial charge in [0, 0.05) is 6.04 Å². The molecule has 19 heavy (non-hydrogen) atoms. The molecular weight excluding hydrogens is 230 g/mol. The molecule has 0 radical (unpaired) electrons. The van der Waals surface area contributed by atoms with Crippen LogP contribution < -0.4 is 5.32 Å². The highest BCUT2D eigenvalue weighted by Gasteiger charge is 2.19. The zero-order chi connectivity index (χ0) is 13.7. The number of benzene rings is 1. The molecule has 1 fully saturated rings. The lowest BCUT2D eigenvalue weighted by atomic mass is 9.83. The second kappa shape index (κ2) is 7.09. The lowest BCUT2D eigenvalue weighted by Crippen LogP contribution is -2.21. The van der Waals surface area contributed by atoms with Gasteiger partial charge in [0.05, 0.1) is 0 Å². The van der Waals surface area contributed by atoms with Crippen LogP contribution in [-0.2, 0) is 0 Å². The Hall–Kier alpha value is -0.820. The van der Waals surface area contributed by atoms with Crippen molar-refractivity contribution in [3.63, 3.8) is 0 Å². The third-order valence-corrected chi connectivity index (χ3v) is 4.65. The van der Waals surface area contributed by atoms with E-state index in [1.54, 1.807) is 0 Å². The topological polar surface area (TPSA) is 12.0 Å². The van der Waals surface area contributed by atoms with Crippen LogP contribution in [0.5, 0.6) is 0 Å². The van der Waals surface area contributed by atoms with Gasteiger partial charge in [0.25, 0.3) is 0 Å². The van der Waals surface area contributed by atoms with Crippen LogP contribution in [0.4, 0.5) is 0 Å². The van der Waals surface area contributed by atoms with Crippen LogP contribution in [0.1, 0.15) is 75.5 Å². The average Bonchev–Trinajstić information content (AvgIpc) is 2.46. The van der Waals surface area contributed by atoms with Crippen LogP contribution in [-0.4, -0.2) is 7.05 Å². The Bertz CT molecular complexity index is 360. The fourth-order valence-corrected chi connectivity index (χ4v) is 3.29. The van der Waals surface area contributed by atoms with Gasteiger partial charge in [-0.15, -0.1) is 0 Å². The summed E-state index contributed by atoms with van der Waals surface area (Å²) in [5.74, 6) is 1.55. The van der Waals surface area contributed by atoms with E-state index in [0.29, 0.717) is 12.0 Å². The van der Waals surface area contributed by atoms with Gasteiger partial charge >= 0.3 is 0 Å². The van der Waals surface area contributed by atoms with Crippen molar-refractivity contribution in [3.05, 3.63) is 35.4 Å². The summed E-state index contributed by atoms with van der Waals surface area (Å²) in [5, 5.41) is 3.51. The fraction of sp³-hybridized carbons (Fsp3) is 0.667. The maximum absolute atomic E-state index is 3.51. The Balaban J connectivity index is 1.99. The smallest absolute Gasteiger partial charge is 0.0320 e. The number of rotatable bonds is 5. The van der Waals surface area contributed by atoms with E-state index in [1.807, 2.05) is 0 Å². The van der Waals surface area contributed by atoms with E-state index in [2.05, 4.69) is 50.5 Å². The Morgan fingerprint density at radius 3 is 2.11 bits per heavy atom. The van der Waals surface area contributed by atoms with E-state index in [0.717, 1.165) is 5.92 Å². The van der Waals surface area contributed by atoms with Crippen molar-refractivity contribution in [2.24, 2.45) is 5.92 Å². The van der Waals surface area contributed by atoms with Gasteiger partial charge in [0.15, 0.2) is 0 Å². The predicted octanol–water partition coefficient (Wildman–Crippen LogP) is 5.04. The molecule has 1 N–H and O–H groups in total. The summed E-state index contributed by atoms with van der Waals surface area (Å²) in [6, 6.07) is 9.76. The minimum Gasteiger partial charge on any atom is -0.313 e. The molecule has 0 saturated heterocycles. The molecule has 2 rings (SSSR count). The molecule has 0 amide bonds. The zero-order valence-electron chi connectivity index (χ0n) is 12.8. The third-order valence-electron chi connectivity index (χ3n) is 4.65. The van der Waals surface area contributed by atoms with Crippen LogP contribution >= 0.6 is 0 Å². The maximum atomic E-state index is 3.51. The number of nitrogens with one attached hydrogen (secondary N) is 1. The molecule has 1 aliphatic rings. The van der Waals surface area contributed by atoms with Gasteiger partial charge in [0.1, 0.15) is 0 Å². The molecule has 0 aliphatic heterocycles. The van der Waals surface area contributed by atoms with E-state index in [4.69, 9.17) is 0 Å². The van der Waals surface area contributed by atoms with Crippen LogP contribution in [0.2, 0.25) is 0 Å². The lowest BCUT2D eigenvalue weighted by Gasteiger charge is -2.26. The summed E-state index contributed by atoms with van der Waals surface area (Å²) >= 11 is 0. The van der Waals surface area contributed by atoms with Crippen LogP contribution in [0.25, 0.3) is 0 Å². The lowest BCUT2D eigenvalue weighted by molar-refractivity contribution is 0.306. The largest absolute Gasteiger partial charge is 0.313 e. The van der Waals surface area contributed by atoms with Crippen molar-refractivity contribution in [1.29, 1.82) is 0 Å². The van der Waals surface area contributed by atoms with Crippen molar-refractivity contribution in [1.82, 2.24) is 5.32 Å². The van der Waals surface area contributed by atoms with E-state index in [9.17, 15) is 0 Å². The van der Waals surface area contributed by atoms with Gasteiger partial charge in [-0.3, -0.25) is 0 Å². The molecule has 1 aromatic rings. The molecule has 0 bridgehead atoms. The van der Waals surface area contributed by atoms with Crippen LogP contribution in [0.15, 0.2) is 24.3 Å². The molecule has 1 aliphatic carbocycles. The summed E-state index contributed by atoms with van der Waals surface area (Å²) in [7, 11) is 2.10. The number of hydrogen-bond acceptors (Lipinski definition) is 1. The molecule has 1 aromatic carbocycles. The second-order valence-corrected chi connectivity index (χ2v) is 6.40. The highest BCUT2D eigenvalue weighted by Crippen LogP contribution is 2.32. The first kappa shape index (κ1) is 14.6. The van der Waals surface area contributed by atoms with Crippen molar-refractivity contribution in [2.45, 2.75) is 64.3 Å². The molecule has 0 spiro atoms. The summed E-state index contributed by atoms with van der Waals surface area (Å²) in [6.07, 6.45) is 8.49. The highest BCUT2D eigenvalue weighted by atomic mass is 14.9. The molecule has 1 heteroatoms. The average molecular weight is 259 g/mol. The first-order chi connectivity index (χ1) is 9.20. The maximum Gasteiger partial charge on any atom is 0.0320 e. The standard InChI is InChI=1S/C18H29N/c1-14(2)16-9-11-17(12-10-16)18(19-3)13-15-7-5-4-6-8-15/h9-12,14-15,18-19H,4-8,13H2,1-3H3. The Morgan fingerprint density at radius 2 is 1.58 bits per heavy atom. The predicted molar refractivity (Wildman–Crippen MR) is 83.5 cm³/mol. The molecule has 1 unspecified atom stereocenters. The highest BCUT2D eigenvalue weighted by molar-refractivity contribution is 5.26. The molecular formula is C18H29N. The summed E-state index contributed by atoms with van der Waals surface area (Å²) in [6.45, 7) is 4.51. The molecule has 0 aromatic heterocycles. The zero-order valence-corrected chi connectivity index (χ0v) is 12.8. The Morgan fingerprint density at radius 1 is 1.00 bits per heavy atom. The van der Waals surface area contributed by atoms with E-state index in [1.165, 1.54) is 49.7 Å². The first-order valence-electron chi connectivity index (χ1n) is 7.98. The van der Waals surface area contributed by atoms with Gasteiger partial charge in [-0.1, -0.05) is 70.2 Å². The van der Waals surface area contributed by atoms with Gasteiger partial charge in [-0.2, -0.15) is 0 Å². The molecule has 106 valence electrons. The first-order valence-corrected chi connectivity index (χ1v) is 7.98. The van der Waals surface area contributed by atoms with Crippen LogP contribution in [0.3, 0.4) is 0 Å². The van der Waals surface area contributed by atoms with Gasteiger partial charge in [-0.25, -0.2) is 0 Å². The van der Waals surface area contributed by atoms with Gasteiger partial charge in [0.2, 0.25) is 0 Å². The summed E-state index contributed by atoms with van der Waals surface area (Å²) in [4.78, 5) is 0. The second-order valence-electron chi connectivity index (χ2n) is 6.40. The monoisotopic (exact) mass is 259 g/mol. The number of hydrogen-bond donors (Lipinski definition) is 1. The SMILES string of the molecule is CNC(CC1CCCCC1)c1ccc(C(C)C)cc1. The quantitative estimate of drug-likeness (QED) is 0.781. The molecule has 1 atom stereocenters. The molecule has 0 heterocycles. The molecule has 1 nitrogen and oxygen atoms in total. The van der Waals surface area contributed by atoms with Crippen LogP contribution in [0, 0.1) is 5.92 Å². The fourth-order valence-electron chi connectivity index (χ4n) is 3.29.